The highest BCUT2D eigenvalue weighted by Crippen LogP contribution is 2.19. The Labute approximate surface area is 121 Å². The summed E-state index contributed by atoms with van der Waals surface area (Å²) >= 11 is 0. The summed E-state index contributed by atoms with van der Waals surface area (Å²) < 4.78 is 0. The molecule has 0 saturated carbocycles. The first kappa shape index (κ1) is 15.0. The second-order valence-electron chi connectivity index (χ2n) is 6.05. The molecule has 2 heterocycles. The van der Waals surface area contributed by atoms with Crippen molar-refractivity contribution in [3.05, 3.63) is 30.1 Å². The molecule has 1 amide bonds. The fraction of sp³-hybridized carbons (Fsp3) is 0.625. The third-order valence-corrected chi connectivity index (χ3v) is 4.00. The van der Waals surface area contributed by atoms with Gasteiger partial charge in [-0.15, -0.1) is 0 Å². The van der Waals surface area contributed by atoms with Gasteiger partial charge in [0.15, 0.2) is 0 Å². The molecule has 1 aliphatic heterocycles. The molecule has 110 valence electrons. The number of hydrogen-bond acceptors (Lipinski definition) is 3. The molecule has 4 nitrogen and oxygen atoms in total. The summed E-state index contributed by atoms with van der Waals surface area (Å²) in [6.45, 7) is 8.74. The molecule has 0 radical (unpaired) electrons. The number of nitrogens with one attached hydrogen (secondary N) is 1. The molecule has 0 spiro atoms. The van der Waals surface area contributed by atoms with Gasteiger partial charge in [-0.1, -0.05) is 26.8 Å². The average molecular weight is 275 g/mol. The monoisotopic (exact) mass is 275 g/mol. The number of carbonyl (C=O) groups excluding carboxylic acids is 1. The van der Waals surface area contributed by atoms with E-state index in [1.807, 2.05) is 31.0 Å². The van der Waals surface area contributed by atoms with Crippen molar-refractivity contribution in [1.29, 1.82) is 0 Å². The topological polar surface area (TPSA) is 45.2 Å². The van der Waals surface area contributed by atoms with Crippen molar-refractivity contribution >= 4 is 5.91 Å². The molecule has 4 heteroatoms. The van der Waals surface area contributed by atoms with Crippen molar-refractivity contribution in [2.45, 2.75) is 39.8 Å². The lowest BCUT2D eigenvalue weighted by molar-refractivity contribution is -0.136. The highest BCUT2D eigenvalue weighted by Gasteiger charge is 2.29. The number of nitrogens with zero attached hydrogens (tertiary/aromatic N) is 2. The molecule has 1 aromatic heterocycles. The Hall–Kier alpha value is -1.42. The quantitative estimate of drug-likeness (QED) is 0.915. The SMILES string of the molecule is CC(C)C(=O)N1CCC(NCc2cccnc2)C(C)C1. The van der Waals surface area contributed by atoms with Gasteiger partial charge in [-0.3, -0.25) is 9.78 Å². The Kier molecular flexibility index (Phi) is 5.12. The van der Waals surface area contributed by atoms with Crippen molar-refractivity contribution in [3.63, 3.8) is 0 Å². The zero-order valence-corrected chi connectivity index (χ0v) is 12.7. The van der Waals surface area contributed by atoms with Crippen LogP contribution < -0.4 is 5.32 Å². The standard InChI is InChI=1S/C16H25N3O/c1-12(2)16(20)19-8-6-15(13(3)11-19)18-10-14-5-4-7-17-9-14/h4-5,7,9,12-13,15,18H,6,8,10-11H2,1-3H3. The number of aromatic nitrogens is 1. The summed E-state index contributed by atoms with van der Waals surface area (Å²) in [5, 5.41) is 3.60. The largest absolute Gasteiger partial charge is 0.342 e. The Morgan fingerprint density at radius 1 is 1.55 bits per heavy atom. The van der Waals surface area contributed by atoms with Gasteiger partial charge in [-0.05, 0) is 24.0 Å². The summed E-state index contributed by atoms with van der Waals surface area (Å²) in [6.07, 6.45) is 4.72. The number of amides is 1. The van der Waals surface area contributed by atoms with Crippen LogP contribution in [-0.4, -0.2) is 34.9 Å². The molecule has 1 aromatic rings. The lowest BCUT2D eigenvalue weighted by Crippen LogP contribution is -2.50. The zero-order valence-electron chi connectivity index (χ0n) is 12.7. The maximum absolute atomic E-state index is 12.0. The van der Waals surface area contributed by atoms with Crippen LogP contribution in [0.3, 0.4) is 0 Å². The molecule has 20 heavy (non-hydrogen) atoms. The van der Waals surface area contributed by atoms with Gasteiger partial charge >= 0.3 is 0 Å². The third kappa shape index (κ3) is 3.79. The first-order chi connectivity index (χ1) is 9.58. The fourth-order valence-corrected chi connectivity index (χ4v) is 2.77. The molecular weight excluding hydrogens is 250 g/mol. The predicted molar refractivity (Wildman–Crippen MR) is 80.1 cm³/mol. The molecule has 2 rings (SSSR count). The van der Waals surface area contributed by atoms with E-state index < -0.39 is 0 Å². The maximum Gasteiger partial charge on any atom is 0.225 e. The molecule has 1 N–H and O–H groups in total. The van der Waals surface area contributed by atoms with Gasteiger partial charge in [-0.25, -0.2) is 0 Å². The van der Waals surface area contributed by atoms with Gasteiger partial charge in [0, 0.05) is 44.0 Å². The van der Waals surface area contributed by atoms with Crippen LogP contribution in [0.4, 0.5) is 0 Å². The third-order valence-electron chi connectivity index (χ3n) is 4.00. The molecule has 1 fully saturated rings. The van der Waals surface area contributed by atoms with E-state index in [0.29, 0.717) is 12.0 Å². The fourth-order valence-electron chi connectivity index (χ4n) is 2.77. The Balaban J connectivity index is 1.83. The van der Waals surface area contributed by atoms with E-state index >= 15 is 0 Å². The van der Waals surface area contributed by atoms with Crippen molar-refractivity contribution in [1.82, 2.24) is 15.2 Å². The van der Waals surface area contributed by atoms with Crippen molar-refractivity contribution in [2.24, 2.45) is 11.8 Å². The first-order valence-corrected chi connectivity index (χ1v) is 7.49. The van der Waals surface area contributed by atoms with Gasteiger partial charge in [0.1, 0.15) is 0 Å². The number of carbonyl (C=O) groups is 1. The normalized spacial score (nSPS) is 23.1. The van der Waals surface area contributed by atoms with Crippen molar-refractivity contribution < 1.29 is 4.79 Å². The highest BCUT2D eigenvalue weighted by molar-refractivity contribution is 5.78. The van der Waals surface area contributed by atoms with E-state index in [2.05, 4.69) is 23.3 Å². The van der Waals surface area contributed by atoms with Crippen LogP contribution >= 0.6 is 0 Å². The van der Waals surface area contributed by atoms with E-state index in [4.69, 9.17) is 0 Å². The summed E-state index contributed by atoms with van der Waals surface area (Å²) in [6, 6.07) is 4.53. The van der Waals surface area contributed by atoms with Gasteiger partial charge in [0.2, 0.25) is 5.91 Å². The molecule has 0 aliphatic carbocycles. The van der Waals surface area contributed by atoms with Crippen LogP contribution in [0.25, 0.3) is 0 Å². The van der Waals surface area contributed by atoms with E-state index in [1.165, 1.54) is 5.56 Å². The number of likely N-dealkylation sites (tertiary alicyclic amines) is 1. The predicted octanol–water partition coefficient (Wildman–Crippen LogP) is 2.06. The maximum atomic E-state index is 12.0. The van der Waals surface area contributed by atoms with E-state index in [-0.39, 0.29) is 11.8 Å². The molecule has 1 saturated heterocycles. The number of rotatable bonds is 4. The highest BCUT2D eigenvalue weighted by atomic mass is 16.2. The molecule has 0 bridgehead atoms. The molecule has 1 aliphatic rings. The van der Waals surface area contributed by atoms with E-state index in [9.17, 15) is 4.79 Å². The molecule has 2 unspecified atom stereocenters. The molecular formula is C16H25N3O. The van der Waals surface area contributed by atoms with Crippen LogP contribution in [0.15, 0.2) is 24.5 Å². The van der Waals surface area contributed by atoms with E-state index in [0.717, 1.165) is 26.1 Å². The van der Waals surface area contributed by atoms with Gasteiger partial charge in [0.05, 0.1) is 0 Å². The summed E-state index contributed by atoms with van der Waals surface area (Å²) in [4.78, 5) is 18.2. The lowest BCUT2D eigenvalue weighted by Gasteiger charge is -2.38. The van der Waals surface area contributed by atoms with Crippen LogP contribution in [0.2, 0.25) is 0 Å². The second kappa shape index (κ2) is 6.84. The Morgan fingerprint density at radius 3 is 2.95 bits per heavy atom. The van der Waals surface area contributed by atoms with Crippen LogP contribution in [0.1, 0.15) is 32.8 Å². The lowest BCUT2D eigenvalue weighted by atomic mass is 9.93. The molecule has 2 atom stereocenters. The second-order valence-corrected chi connectivity index (χ2v) is 6.05. The summed E-state index contributed by atoms with van der Waals surface area (Å²) in [5.74, 6) is 0.868. The minimum absolute atomic E-state index is 0.0992. The average Bonchev–Trinajstić information content (AvgIpc) is 2.46. The minimum Gasteiger partial charge on any atom is -0.342 e. The van der Waals surface area contributed by atoms with E-state index in [1.54, 1.807) is 6.20 Å². The van der Waals surface area contributed by atoms with Crippen LogP contribution in [0, 0.1) is 11.8 Å². The summed E-state index contributed by atoms with van der Waals surface area (Å²) in [7, 11) is 0. The Bertz CT molecular complexity index is 433. The van der Waals surface area contributed by atoms with Gasteiger partial charge in [-0.2, -0.15) is 0 Å². The van der Waals surface area contributed by atoms with Gasteiger partial charge < -0.3 is 10.2 Å². The number of pyridine rings is 1. The number of hydrogen-bond donors (Lipinski definition) is 1. The van der Waals surface area contributed by atoms with Crippen LogP contribution in [-0.2, 0) is 11.3 Å². The van der Waals surface area contributed by atoms with Crippen LogP contribution in [0.5, 0.6) is 0 Å². The van der Waals surface area contributed by atoms with Crippen molar-refractivity contribution in [2.75, 3.05) is 13.1 Å². The Morgan fingerprint density at radius 2 is 2.35 bits per heavy atom. The smallest absolute Gasteiger partial charge is 0.225 e. The minimum atomic E-state index is 0.0992. The first-order valence-electron chi connectivity index (χ1n) is 7.49. The summed E-state index contributed by atoms with van der Waals surface area (Å²) in [5.41, 5.74) is 1.21. The van der Waals surface area contributed by atoms with Gasteiger partial charge in [0.25, 0.3) is 0 Å². The van der Waals surface area contributed by atoms with Crippen molar-refractivity contribution in [3.8, 4) is 0 Å². The molecule has 0 aromatic carbocycles. The number of piperidine rings is 1. The zero-order chi connectivity index (χ0) is 14.5.